The van der Waals surface area contributed by atoms with Gasteiger partial charge in [0.15, 0.2) is 0 Å². The molecule has 0 unspecified atom stereocenters. The summed E-state index contributed by atoms with van der Waals surface area (Å²) in [6.07, 6.45) is 0. The lowest BCUT2D eigenvalue weighted by Crippen LogP contribution is -2.02. The van der Waals surface area contributed by atoms with Crippen LogP contribution in [-0.2, 0) is 0 Å². The van der Waals surface area contributed by atoms with Gasteiger partial charge in [-0.25, -0.2) is 4.39 Å². The molecule has 1 aromatic heterocycles. The number of benzene rings is 1. The molecule has 0 radical (unpaired) electrons. The van der Waals surface area contributed by atoms with Gasteiger partial charge in [-0.3, -0.25) is 0 Å². The number of nitrogens with two attached hydrogens (primary N) is 1. The summed E-state index contributed by atoms with van der Waals surface area (Å²) < 4.78 is 13.4. The van der Waals surface area contributed by atoms with Crippen molar-refractivity contribution in [3.8, 4) is 17.3 Å². The Kier molecular flexibility index (Phi) is 2.94. The quantitative estimate of drug-likeness (QED) is 0.832. The third kappa shape index (κ3) is 2.00. The Bertz CT molecular complexity index is 659. The van der Waals surface area contributed by atoms with Crippen LogP contribution in [0, 0.1) is 31.0 Å². The highest BCUT2D eigenvalue weighted by Gasteiger charge is 2.11. The fourth-order valence-corrected chi connectivity index (χ4v) is 1.69. The molecule has 2 aromatic rings. The van der Waals surface area contributed by atoms with Gasteiger partial charge in [-0.05, 0) is 43.2 Å². The van der Waals surface area contributed by atoms with Crippen molar-refractivity contribution in [2.24, 2.45) is 0 Å². The predicted molar refractivity (Wildman–Crippen MR) is 66.0 cm³/mol. The molecule has 5 heteroatoms. The lowest BCUT2D eigenvalue weighted by atomic mass is 10.0. The molecule has 0 aliphatic heterocycles. The molecule has 1 heterocycles. The Morgan fingerprint density at radius 2 is 1.89 bits per heavy atom. The summed E-state index contributed by atoms with van der Waals surface area (Å²) in [5.41, 5.74) is 8.61. The molecule has 2 N–H and O–H groups in total. The Morgan fingerprint density at radius 3 is 2.56 bits per heavy atom. The maximum absolute atomic E-state index is 13.4. The van der Waals surface area contributed by atoms with Crippen LogP contribution in [-0.4, -0.2) is 10.2 Å². The first-order valence-corrected chi connectivity index (χ1v) is 5.33. The number of hydrogen-bond donors (Lipinski definition) is 1. The number of anilines is 1. The van der Waals surface area contributed by atoms with Crippen LogP contribution in [0.1, 0.15) is 16.7 Å². The van der Waals surface area contributed by atoms with E-state index in [2.05, 4.69) is 10.2 Å². The van der Waals surface area contributed by atoms with Crippen LogP contribution in [0.2, 0.25) is 0 Å². The Balaban J connectivity index is 2.67. The van der Waals surface area contributed by atoms with Crippen LogP contribution in [0.15, 0.2) is 18.2 Å². The van der Waals surface area contributed by atoms with Crippen LogP contribution in [0.25, 0.3) is 11.3 Å². The molecule has 0 aliphatic rings. The summed E-state index contributed by atoms with van der Waals surface area (Å²) in [4.78, 5) is 0. The van der Waals surface area contributed by atoms with Gasteiger partial charge < -0.3 is 5.73 Å². The van der Waals surface area contributed by atoms with Crippen molar-refractivity contribution in [2.75, 3.05) is 5.73 Å². The maximum atomic E-state index is 13.4. The number of nitrogens with zero attached hydrogens (tertiary/aromatic N) is 3. The Hall–Kier alpha value is -2.48. The number of rotatable bonds is 1. The van der Waals surface area contributed by atoms with Crippen molar-refractivity contribution in [3.05, 3.63) is 40.7 Å². The number of nitriles is 1. The zero-order valence-electron chi connectivity index (χ0n) is 10.0. The molecule has 2 rings (SSSR count). The second-order valence-corrected chi connectivity index (χ2v) is 4.02. The van der Waals surface area contributed by atoms with Crippen LogP contribution < -0.4 is 5.73 Å². The van der Waals surface area contributed by atoms with Crippen molar-refractivity contribution in [1.82, 2.24) is 10.2 Å². The molecule has 0 amide bonds. The third-order valence-electron chi connectivity index (χ3n) is 2.86. The fourth-order valence-electron chi connectivity index (χ4n) is 1.69. The van der Waals surface area contributed by atoms with Crippen molar-refractivity contribution < 1.29 is 4.39 Å². The smallest absolute Gasteiger partial charge is 0.149 e. The summed E-state index contributed by atoms with van der Waals surface area (Å²) in [6.45, 7) is 3.67. The highest BCUT2D eigenvalue weighted by molar-refractivity contribution is 5.67. The summed E-state index contributed by atoms with van der Waals surface area (Å²) in [6, 6.07) is 5.99. The van der Waals surface area contributed by atoms with Gasteiger partial charge in [0.05, 0.1) is 17.3 Å². The first-order chi connectivity index (χ1) is 8.52. The summed E-state index contributed by atoms with van der Waals surface area (Å²) in [5, 5.41) is 16.6. The van der Waals surface area contributed by atoms with Crippen LogP contribution >= 0.6 is 0 Å². The van der Waals surface area contributed by atoms with Crippen LogP contribution in [0.4, 0.5) is 10.2 Å². The average Bonchev–Trinajstić information content (AvgIpc) is 2.35. The molecule has 0 aliphatic carbocycles. The third-order valence-corrected chi connectivity index (χ3v) is 2.86. The van der Waals surface area contributed by atoms with E-state index in [0.29, 0.717) is 17.1 Å². The highest BCUT2D eigenvalue weighted by Crippen LogP contribution is 2.26. The minimum atomic E-state index is -0.472. The Labute approximate surface area is 104 Å². The van der Waals surface area contributed by atoms with Crippen molar-refractivity contribution >= 4 is 5.82 Å². The molecule has 90 valence electrons. The molecular weight excluding hydrogens is 231 g/mol. The largest absolute Gasteiger partial charge is 0.382 e. The van der Waals surface area contributed by atoms with E-state index in [1.807, 2.05) is 19.9 Å². The van der Waals surface area contributed by atoms with Crippen LogP contribution in [0.5, 0.6) is 0 Å². The summed E-state index contributed by atoms with van der Waals surface area (Å²) in [5.74, 6) is -0.118. The van der Waals surface area contributed by atoms with Gasteiger partial charge in [-0.1, -0.05) is 0 Å². The van der Waals surface area contributed by atoms with Gasteiger partial charge in [0.25, 0.3) is 0 Å². The molecule has 0 spiro atoms. The average molecular weight is 242 g/mol. The first-order valence-electron chi connectivity index (χ1n) is 5.33. The number of aromatic nitrogens is 2. The molecule has 0 saturated carbocycles. The van der Waals surface area contributed by atoms with Gasteiger partial charge in [0.1, 0.15) is 11.6 Å². The lowest BCUT2D eigenvalue weighted by Gasteiger charge is -2.09. The molecule has 1 aromatic carbocycles. The zero-order valence-corrected chi connectivity index (χ0v) is 10.0. The summed E-state index contributed by atoms with van der Waals surface area (Å²) in [7, 11) is 0. The highest BCUT2D eigenvalue weighted by atomic mass is 19.1. The van der Waals surface area contributed by atoms with Gasteiger partial charge in [0, 0.05) is 5.56 Å². The minimum Gasteiger partial charge on any atom is -0.382 e. The normalized spacial score (nSPS) is 10.1. The lowest BCUT2D eigenvalue weighted by molar-refractivity contribution is 0.627. The number of halogens is 1. The van der Waals surface area contributed by atoms with E-state index in [0.717, 1.165) is 11.1 Å². The van der Waals surface area contributed by atoms with E-state index >= 15 is 0 Å². The molecule has 0 fully saturated rings. The summed E-state index contributed by atoms with van der Waals surface area (Å²) >= 11 is 0. The number of nitrogen functional groups attached to an aromatic ring is 1. The SMILES string of the molecule is Cc1c(N)nnc(-c2cc(F)cc(C#N)c2)c1C. The van der Waals surface area contributed by atoms with Gasteiger partial charge in [0.2, 0.25) is 0 Å². The predicted octanol–water partition coefficient (Wildman–Crippen LogP) is 2.35. The standard InChI is InChI=1S/C13H11FN4/c1-7-8(2)13(16)18-17-12(7)10-3-9(6-15)4-11(14)5-10/h3-5H,1-2H3,(H2,16,18). The van der Waals surface area contributed by atoms with Crippen molar-refractivity contribution in [1.29, 1.82) is 5.26 Å². The van der Waals surface area contributed by atoms with Gasteiger partial charge in [-0.2, -0.15) is 5.26 Å². The topological polar surface area (TPSA) is 75.6 Å². The molecule has 18 heavy (non-hydrogen) atoms. The van der Waals surface area contributed by atoms with Crippen molar-refractivity contribution in [3.63, 3.8) is 0 Å². The van der Waals surface area contributed by atoms with E-state index < -0.39 is 5.82 Å². The van der Waals surface area contributed by atoms with Crippen LogP contribution in [0.3, 0.4) is 0 Å². The second kappa shape index (κ2) is 4.41. The maximum Gasteiger partial charge on any atom is 0.149 e. The van der Waals surface area contributed by atoms with E-state index in [4.69, 9.17) is 11.0 Å². The molecule has 0 saturated heterocycles. The van der Waals surface area contributed by atoms with E-state index in [9.17, 15) is 4.39 Å². The minimum absolute atomic E-state index is 0.251. The monoisotopic (exact) mass is 242 g/mol. The van der Waals surface area contributed by atoms with E-state index in [1.165, 1.54) is 12.1 Å². The van der Waals surface area contributed by atoms with E-state index in [-0.39, 0.29) is 5.56 Å². The first kappa shape index (κ1) is 12.0. The van der Waals surface area contributed by atoms with Crippen molar-refractivity contribution in [2.45, 2.75) is 13.8 Å². The number of hydrogen-bond acceptors (Lipinski definition) is 4. The van der Waals surface area contributed by atoms with Gasteiger partial charge in [-0.15, -0.1) is 10.2 Å². The molecule has 0 bridgehead atoms. The zero-order chi connectivity index (χ0) is 13.3. The molecular formula is C13H11FN4. The van der Waals surface area contributed by atoms with Gasteiger partial charge >= 0.3 is 0 Å². The second-order valence-electron chi connectivity index (χ2n) is 4.02. The van der Waals surface area contributed by atoms with E-state index in [1.54, 1.807) is 6.07 Å². The molecule has 4 nitrogen and oxygen atoms in total. The molecule has 0 atom stereocenters. The Morgan fingerprint density at radius 1 is 1.17 bits per heavy atom. The fraction of sp³-hybridized carbons (Fsp3) is 0.154.